The number of hydrogen-bond donors (Lipinski definition) is 1. The lowest BCUT2D eigenvalue weighted by Crippen LogP contribution is -2.39. The standard InChI is InChI=1S/C20H25NO3/c1-4-17-9-11-18(12-10-17)23-14-20(22)21-16(3)13-24-19-8-6-5-7-15(19)2/h5-12,16H,4,13-14H2,1-3H3,(H,21,22)/t16-/m1/s1. The van der Waals surface area contributed by atoms with Crippen molar-refractivity contribution in [2.45, 2.75) is 33.2 Å². The summed E-state index contributed by atoms with van der Waals surface area (Å²) in [5.41, 5.74) is 2.32. The maximum Gasteiger partial charge on any atom is 0.258 e. The van der Waals surface area contributed by atoms with Gasteiger partial charge < -0.3 is 14.8 Å². The van der Waals surface area contributed by atoms with E-state index in [0.29, 0.717) is 12.4 Å². The Hall–Kier alpha value is -2.49. The van der Waals surface area contributed by atoms with E-state index in [-0.39, 0.29) is 18.6 Å². The van der Waals surface area contributed by atoms with Crippen LogP contribution in [-0.2, 0) is 11.2 Å². The molecule has 0 aliphatic heterocycles. The zero-order valence-electron chi connectivity index (χ0n) is 14.5. The predicted molar refractivity (Wildman–Crippen MR) is 95.6 cm³/mol. The van der Waals surface area contributed by atoms with Gasteiger partial charge in [0.1, 0.15) is 18.1 Å². The topological polar surface area (TPSA) is 47.6 Å². The Balaban J connectivity index is 1.72. The van der Waals surface area contributed by atoms with Gasteiger partial charge in [0.05, 0.1) is 6.04 Å². The van der Waals surface area contributed by atoms with Gasteiger partial charge in [-0.1, -0.05) is 37.3 Å². The molecule has 0 saturated heterocycles. The summed E-state index contributed by atoms with van der Waals surface area (Å²) >= 11 is 0. The molecule has 128 valence electrons. The van der Waals surface area contributed by atoms with Gasteiger partial charge in [0.15, 0.2) is 6.61 Å². The van der Waals surface area contributed by atoms with Crippen molar-refractivity contribution in [3.63, 3.8) is 0 Å². The van der Waals surface area contributed by atoms with Crippen molar-refractivity contribution in [2.75, 3.05) is 13.2 Å². The fourth-order valence-corrected chi connectivity index (χ4v) is 2.26. The van der Waals surface area contributed by atoms with Crippen LogP contribution in [0.1, 0.15) is 25.0 Å². The molecular formula is C20H25NO3. The third kappa shape index (κ3) is 5.61. The van der Waals surface area contributed by atoms with Gasteiger partial charge >= 0.3 is 0 Å². The molecule has 24 heavy (non-hydrogen) atoms. The van der Waals surface area contributed by atoms with Crippen LogP contribution in [0.3, 0.4) is 0 Å². The highest BCUT2D eigenvalue weighted by Gasteiger charge is 2.09. The normalized spacial score (nSPS) is 11.6. The average Bonchev–Trinajstić information content (AvgIpc) is 2.59. The van der Waals surface area contributed by atoms with Crippen molar-refractivity contribution in [1.82, 2.24) is 5.32 Å². The number of nitrogens with one attached hydrogen (secondary N) is 1. The first-order valence-electron chi connectivity index (χ1n) is 8.28. The molecule has 0 fully saturated rings. The van der Waals surface area contributed by atoms with Crippen LogP contribution in [0.25, 0.3) is 0 Å². The number of benzene rings is 2. The Morgan fingerprint density at radius 3 is 2.46 bits per heavy atom. The van der Waals surface area contributed by atoms with E-state index in [2.05, 4.69) is 12.2 Å². The molecule has 0 heterocycles. The second-order valence-electron chi connectivity index (χ2n) is 5.83. The Kier molecular flexibility index (Phi) is 6.67. The summed E-state index contributed by atoms with van der Waals surface area (Å²) in [5.74, 6) is 1.38. The average molecular weight is 327 g/mol. The number of hydrogen-bond acceptors (Lipinski definition) is 3. The number of ether oxygens (including phenoxy) is 2. The van der Waals surface area contributed by atoms with Crippen LogP contribution in [0.2, 0.25) is 0 Å². The lowest BCUT2D eigenvalue weighted by molar-refractivity contribution is -0.123. The van der Waals surface area contributed by atoms with Crippen molar-refractivity contribution in [2.24, 2.45) is 0 Å². The van der Waals surface area contributed by atoms with Gasteiger partial charge in [-0.25, -0.2) is 0 Å². The highest BCUT2D eigenvalue weighted by molar-refractivity contribution is 5.77. The lowest BCUT2D eigenvalue weighted by Gasteiger charge is -2.16. The molecule has 0 aliphatic rings. The van der Waals surface area contributed by atoms with Gasteiger partial charge in [0.25, 0.3) is 5.91 Å². The molecule has 1 N–H and O–H groups in total. The lowest BCUT2D eigenvalue weighted by atomic mass is 10.2. The minimum atomic E-state index is -0.157. The summed E-state index contributed by atoms with van der Waals surface area (Å²) in [6, 6.07) is 15.5. The molecule has 1 amide bonds. The Morgan fingerprint density at radius 1 is 1.08 bits per heavy atom. The first-order valence-corrected chi connectivity index (χ1v) is 8.28. The van der Waals surface area contributed by atoms with Crippen LogP contribution in [-0.4, -0.2) is 25.2 Å². The van der Waals surface area contributed by atoms with E-state index in [1.165, 1.54) is 5.56 Å². The molecule has 4 heteroatoms. The van der Waals surface area contributed by atoms with Gasteiger partial charge in [-0.2, -0.15) is 0 Å². The SMILES string of the molecule is CCc1ccc(OCC(=O)N[C@H](C)COc2ccccc2C)cc1. The van der Waals surface area contributed by atoms with Crippen molar-refractivity contribution in [3.8, 4) is 11.5 Å². The van der Waals surface area contributed by atoms with E-state index in [1.54, 1.807) is 0 Å². The van der Waals surface area contributed by atoms with Crippen molar-refractivity contribution < 1.29 is 14.3 Å². The maximum absolute atomic E-state index is 11.9. The van der Waals surface area contributed by atoms with E-state index < -0.39 is 0 Å². The molecular weight excluding hydrogens is 302 g/mol. The van der Waals surface area contributed by atoms with Gasteiger partial charge in [0, 0.05) is 0 Å². The van der Waals surface area contributed by atoms with Crippen LogP contribution in [0, 0.1) is 6.92 Å². The summed E-state index contributed by atoms with van der Waals surface area (Å²) < 4.78 is 11.2. The Bertz CT molecular complexity index is 652. The highest BCUT2D eigenvalue weighted by atomic mass is 16.5. The van der Waals surface area contributed by atoms with Crippen LogP contribution in [0.15, 0.2) is 48.5 Å². The highest BCUT2D eigenvalue weighted by Crippen LogP contribution is 2.16. The number of rotatable bonds is 8. The third-order valence-corrected chi connectivity index (χ3v) is 3.69. The van der Waals surface area contributed by atoms with Gasteiger partial charge in [-0.3, -0.25) is 4.79 Å². The molecule has 2 rings (SSSR count). The van der Waals surface area contributed by atoms with E-state index in [9.17, 15) is 4.79 Å². The summed E-state index contributed by atoms with van der Waals surface area (Å²) in [7, 11) is 0. The number of carbonyl (C=O) groups excluding carboxylic acids is 1. The van der Waals surface area contributed by atoms with Crippen LogP contribution in [0.4, 0.5) is 0 Å². The fourth-order valence-electron chi connectivity index (χ4n) is 2.26. The van der Waals surface area contributed by atoms with Crippen molar-refractivity contribution in [1.29, 1.82) is 0 Å². The van der Waals surface area contributed by atoms with E-state index in [4.69, 9.17) is 9.47 Å². The van der Waals surface area contributed by atoms with E-state index in [0.717, 1.165) is 17.7 Å². The molecule has 0 spiro atoms. The molecule has 0 unspecified atom stereocenters. The third-order valence-electron chi connectivity index (χ3n) is 3.69. The zero-order valence-corrected chi connectivity index (χ0v) is 14.5. The molecule has 4 nitrogen and oxygen atoms in total. The summed E-state index contributed by atoms with van der Waals surface area (Å²) in [5, 5.41) is 2.87. The first-order chi connectivity index (χ1) is 11.6. The zero-order chi connectivity index (χ0) is 17.4. The maximum atomic E-state index is 11.9. The minimum absolute atomic E-state index is 0.000175. The van der Waals surface area contributed by atoms with Crippen LogP contribution < -0.4 is 14.8 Å². The van der Waals surface area contributed by atoms with Gasteiger partial charge in [-0.05, 0) is 49.6 Å². The molecule has 1 atom stereocenters. The Morgan fingerprint density at radius 2 is 1.79 bits per heavy atom. The second kappa shape index (κ2) is 8.96. The van der Waals surface area contributed by atoms with Crippen LogP contribution >= 0.6 is 0 Å². The minimum Gasteiger partial charge on any atom is -0.491 e. The van der Waals surface area contributed by atoms with E-state index >= 15 is 0 Å². The van der Waals surface area contributed by atoms with Crippen LogP contribution in [0.5, 0.6) is 11.5 Å². The molecule has 0 saturated carbocycles. The van der Waals surface area contributed by atoms with Crippen molar-refractivity contribution in [3.05, 3.63) is 59.7 Å². The van der Waals surface area contributed by atoms with Crippen molar-refractivity contribution >= 4 is 5.91 Å². The van der Waals surface area contributed by atoms with Gasteiger partial charge in [-0.15, -0.1) is 0 Å². The summed E-state index contributed by atoms with van der Waals surface area (Å²) in [4.78, 5) is 11.9. The monoisotopic (exact) mass is 327 g/mol. The summed E-state index contributed by atoms with van der Waals surface area (Å²) in [6.07, 6.45) is 0.985. The smallest absolute Gasteiger partial charge is 0.258 e. The number of aryl methyl sites for hydroxylation is 2. The molecule has 0 aliphatic carbocycles. The van der Waals surface area contributed by atoms with E-state index in [1.807, 2.05) is 62.4 Å². The molecule has 2 aromatic carbocycles. The second-order valence-corrected chi connectivity index (χ2v) is 5.83. The quantitative estimate of drug-likeness (QED) is 0.807. The molecule has 0 radical (unpaired) electrons. The summed E-state index contributed by atoms with van der Waals surface area (Å²) in [6.45, 7) is 6.42. The first kappa shape index (κ1) is 17.9. The fraction of sp³-hybridized carbons (Fsp3) is 0.350. The number of para-hydroxylation sites is 1. The molecule has 2 aromatic rings. The predicted octanol–water partition coefficient (Wildman–Crippen LogP) is 3.52. The Labute approximate surface area is 143 Å². The number of amides is 1. The molecule has 0 bridgehead atoms. The molecule has 0 aromatic heterocycles. The van der Waals surface area contributed by atoms with Gasteiger partial charge in [0.2, 0.25) is 0 Å². The largest absolute Gasteiger partial charge is 0.491 e. The number of carbonyl (C=O) groups is 1.